The fourth-order valence-corrected chi connectivity index (χ4v) is 1.79. The second kappa shape index (κ2) is 5.45. The Morgan fingerprint density at radius 1 is 1.25 bits per heavy atom. The molecule has 0 aliphatic carbocycles. The Labute approximate surface area is 119 Å². The Hall–Kier alpha value is -2.17. The van der Waals surface area contributed by atoms with Crippen molar-refractivity contribution in [2.75, 3.05) is 7.05 Å². The Kier molecular flexibility index (Phi) is 3.88. The van der Waals surface area contributed by atoms with Crippen molar-refractivity contribution in [3.05, 3.63) is 47.5 Å². The maximum atomic E-state index is 12.3. The van der Waals surface area contributed by atoms with Gasteiger partial charge in [-0.1, -0.05) is 51.1 Å². The lowest BCUT2D eigenvalue weighted by atomic mass is 9.96. The van der Waals surface area contributed by atoms with Crippen LogP contribution in [0, 0.1) is 0 Å². The van der Waals surface area contributed by atoms with Crippen LogP contribution in [0.1, 0.15) is 42.8 Å². The maximum Gasteiger partial charge on any atom is 0.293 e. The van der Waals surface area contributed by atoms with E-state index in [1.807, 2.05) is 51.1 Å². The zero-order valence-corrected chi connectivity index (χ0v) is 12.3. The zero-order chi connectivity index (χ0) is 14.8. The number of nitrogens with zero attached hydrogens (tertiary/aromatic N) is 3. The van der Waals surface area contributed by atoms with Gasteiger partial charge in [0.25, 0.3) is 5.91 Å². The summed E-state index contributed by atoms with van der Waals surface area (Å²) in [5, 5.41) is 6.85. The number of H-pyrrole nitrogens is 1. The molecule has 1 aromatic carbocycles. The van der Waals surface area contributed by atoms with Crippen LogP contribution in [0.15, 0.2) is 30.3 Å². The first-order valence-corrected chi connectivity index (χ1v) is 6.60. The third-order valence-corrected chi connectivity index (χ3v) is 3.00. The number of aromatic amines is 1. The van der Waals surface area contributed by atoms with Crippen LogP contribution in [0.4, 0.5) is 0 Å². The van der Waals surface area contributed by atoms with E-state index in [4.69, 9.17) is 0 Å². The van der Waals surface area contributed by atoms with Crippen LogP contribution in [0.25, 0.3) is 0 Å². The van der Waals surface area contributed by atoms with E-state index in [-0.39, 0.29) is 17.1 Å². The molecular weight excluding hydrogens is 252 g/mol. The molecule has 1 heterocycles. The highest BCUT2D eigenvalue weighted by molar-refractivity contribution is 5.90. The topological polar surface area (TPSA) is 61.9 Å². The number of aromatic nitrogens is 3. The third kappa shape index (κ3) is 3.23. The fraction of sp³-hybridized carbons (Fsp3) is 0.400. The van der Waals surface area contributed by atoms with Crippen molar-refractivity contribution in [3.63, 3.8) is 0 Å². The molecule has 0 bridgehead atoms. The van der Waals surface area contributed by atoms with Crippen LogP contribution < -0.4 is 0 Å². The van der Waals surface area contributed by atoms with E-state index in [1.54, 1.807) is 11.9 Å². The molecule has 1 N–H and O–H groups in total. The van der Waals surface area contributed by atoms with E-state index < -0.39 is 0 Å². The van der Waals surface area contributed by atoms with Crippen molar-refractivity contribution in [3.8, 4) is 0 Å². The summed E-state index contributed by atoms with van der Waals surface area (Å²) in [4.78, 5) is 18.2. The SMILES string of the molecule is CN(Cc1ccccc1)C(=O)c1n[nH]c(C(C)(C)C)n1. The standard InChI is InChI=1S/C15H20N4O/c1-15(2,3)14-16-12(17-18-14)13(20)19(4)10-11-8-6-5-7-9-11/h5-9H,10H2,1-4H3,(H,16,17,18). The quantitative estimate of drug-likeness (QED) is 0.933. The van der Waals surface area contributed by atoms with Gasteiger partial charge < -0.3 is 4.90 Å². The minimum Gasteiger partial charge on any atom is -0.335 e. The molecule has 0 spiro atoms. The Morgan fingerprint density at radius 3 is 2.45 bits per heavy atom. The molecule has 0 aliphatic rings. The minimum absolute atomic E-state index is 0.149. The van der Waals surface area contributed by atoms with E-state index in [1.165, 1.54) is 0 Å². The van der Waals surface area contributed by atoms with Crippen LogP contribution in [0.2, 0.25) is 0 Å². The van der Waals surface area contributed by atoms with Gasteiger partial charge in [-0.15, -0.1) is 5.10 Å². The minimum atomic E-state index is -0.180. The first kappa shape index (κ1) is 14.2. The summed E-state index contributed by atoms with van der Waals surface area (Å²) in [6.07, 6.45) is 0. The number of rotatable bonds is 3. The van der Waals surface area contributed by atoms with Crippen molar-refractivity contribution >= 4 is 5.91 Å². The highest BCUT2D eigenvalue weighted by atomic mass is 16.2. The summed E-state index contributed by atoms with van der Waals surface area (Å²) in [7, 11) is 1.75. The van der Waals surface area contributed by atoms with Gasteiger partial charge in [-0.05, 0) is 5.56 Å². The van der Waals surface area contributed by atoms with E-state index in [0.717, 1.165) is 5.56 Å². The van der Waals surface area contributed by atoms with Gasteiger partial charge in [0, 0.05) is 19.0 Å². The maximum absolute atomic E-state index is 12.3. The number of carbonyl (C=O) groups excluding carboxylic acids is 1. The highest BCUT2D eigenvalue weighted by Crippen LogP contribution is 2.17. The van der Waals surface area contributed by atoms with E-state index in [0.29, 0.717) is 12.4 Å². The predicted octanol–water partition coefficient (Wildman–Crippen LogP) is 2.37. The van der Waals surface area contributed by atoms with Crippen LogP contribution in [-0.4, -0.2) is 33.0 Å². The van der Waals surface area contributed by atoms with Crippen LogP contribution in [-0.2, 0) is 12.0 Å². The molecule has 0 unspecified atom stereocenters. The molecule has 0 saturated carbocycles. The lowest BCUT2D eigenvalue weighted by Crippen LogP contribution is -2.27. The molecule has 20 heavy (non-hydrogen) atoms. The van der Waals surface area contributed by atoms with Crippen LogP contribution in [0.3, 0.4) is 0 Å². The molecule has 1 amide bonds. The Balaban J connectivity index is 2.09. The van der Waals surface area contributed by atoms with Gasteiger partial charge in [0.15, 0.2) is 0 Å². The average Bonchev–Trinajstić information content (AvgIpc) is 2.88. The average molecular weight is 272 g/mol. The number of benzene rings is 1. The van der Waals surface area contributed by atoms with Crippen LogP contribution in [0.5, 0.6) is 0 Å². The van der Waals surface area contributed by atoms with Crippen molar-refractivity contribution < 1.29 is 4.79 Å². The summed E-state index contributed by atoms with van der Waals surface area (Å²) in [6, 6.07) is 9.84. The smallest absolute Gasteiger partial charge is 0.293 e. The summed E-state index contributed by atoms with van der Waals surface area (Å²) >= 11 is 0. The fourth-order valence-electron chi connectivity index (χ4n) is 1.79. The number of nitrogens with one attached hydrogen (secondary N) is 1. The van der Waals surface area contributed by atoms with E-state index in [2.05, 4.69) is 15.2 Å². The largest absolute Gasteiger partial charge is 0.335 e. The molecule has 2 aromatic rings. The zero-order valence-electron chi connectivity index (χ0n) is 12.3. The van der Waals surface area contributed by atoms with Gasteiger partial charge in [0.05, 0.1) is 0 Å². The second-order valence-corrected chi connectivity index (χ2v) is 5.90. The molecule has 0 saturated heterocycles. The predicted molar refractivity (Wildman–Crippen MR) is 77.3 cm³/mol. The highest BCUT2D eigenvalue weighted by Gasteiger charge is 2.23. The number of hydrogen-bond donors (Lipinski definition) is 1. The van der Waals surface area contributed by atoms with Crippen molar-refractivity contribution in [1.29, 1.82) is 0 Å². The molecule has 1 aromatic heterocycles. The summed E-state index contributed by atoms with van der Waals surface area (Å²) < 4.78 is 0. The lowest BCUT2D eigenvalue weighted by molar-refractivity contribution is 0.0773. The summed E-state index contributed by atoms with van der Waals surface area (Å²) in [5.74, 6) is 0.753. The summed E-state index contributed by atoms with van der Waals surface area (Å²) in [5.41, 5.74) is 0.929. The summed E-state index contributed by atoms with van der Waals surface area (Å²) in [6.45, 7) is 6.61. The number of hydrogen-bond acceptors (Lipinski definition) is 3. The van der Waals surface area contributed by atoms with Crippen molar-refractivity contribution in [1.82, 2.24) is 20.1 Å². The molecular formula is C15H20N4O. The van der Waals surface area contributed by atoms with Crippen LogP contribution >= 0.6 is 0 Å². The molecule has 5 heteroatoms. The second-order valence-electron chi connectivity index (χ2n) is 5.90. The number of carbonyl (C=O) groups is 1. The van der Waals surface area contributed by atoms with Gasteiger partial charge in [-0.25, -0.2) is 4.98 Å². The number of amides is 1. The molecule has 106 valence electrons. The molecule has 0 aliphatic heterocycles. The van der Waals surface area contributed by atoms with Gasteiger partial charge in [-0.3, -0.25) is 9.89 Å². The molecule has 0 fully saturated rings. The van der Waals surface area contributed by atoms with E-state index >= 15 is 0 Å². The third-order valence-electron chi connectivity index (χ3n) is 3.00. The Morgan fingerprint density at radius 2 is 1.90 bits per heavy atom. The van der Waals surface area contributed by atoms with Gasteiger partial charge in [-0.2, -0.15) is 0 Å². The van der Waals surface area contributed by atoms with E-state index in [9.17, 15) is 4.79 Å². The van der Waals surface area contributed by atoms with Gasteiger partial charge in [0.2, 0.25) is 5.82 Å². The molecule has 0 radical (unpaired) electrons. The first-order valence-electron chi connectivity index (χ1n) is 6.60. The normalized spacial score (nSPS) is 11.4. The Bertz CT molecular complexity index is 583. The molecule has 2 rings (SSSR count). The first-order chi connectivity index (χ1) is 9.38. The molecule has 0 atom stereocenters. The lowest BCUT2D eigenvalue weighted by Gasteiger charge is -2.15. The monoisotopic (exact) mass is 272 g/mol. The van der Waals surface area contributed by atoms with Crippen molar-refractivity contribution in [2.45, 2.75) is 32.7 Å². The molecule has 5 nitrogen and oxygen atoms in total. The van der Waals surface area contributed by atoms with Gasteiger partial charge >= 0.3 is 0 Å². The van der Waals surface area contributed by atoms with Gasteiger partial charge in [0.1, 0.15) is 5.82 Å². The van der Waals surface area contributed by atoms with Crippen molar-refractivity contribution in [2.24, 2.45) is 0 Å².